The van der Waals surface area contributed by atoms with Crippen molar-refractivity contribution >= 4 is 68.7 Å². The largest absolute Gasteiger partial charge is 0.479 e. The summed E-state index contributed by atoms with van der Waals surface area (Å²) in [5.74, 6) is -2.17. The van der Waals surface area contributed by atoms with Crippen molar-refractivity contribution in [2.75, 3.05) is 5.32 Å². The summed E-state index contributed by atoms with van der Waals surface area (Å²) in [7, 11) is 0. The first kappa shape index (κ1) is 22.8. The molecular formula is C25H17IN2O4S2. The molecule has 170 valence electrons. The van der Waals surface area contributed by atoms with Gasteiger partial charge in [-0.05, 0) is 69.9 Å². The molecule has 1 aliphatic heterocycles. The van der Waals surface area contributed by atoms with Crippen LogP contribution in [0.15, 0.2) is 78.2 Å². The highest BCUT2D eigenvalue weighted by Gasteiger charge is 2.44. The number of aliphatic carboxylic acids is 1. The Kier molecular flexibility index (Phi) is 6.24. The number of hydrogen-bond acceptors (Lipinski definition) is 5. The Hall–Kier alpha value is -3.02. The molecule has 0 saturated heterocycles. The molecule has 2 unspecified atom stereocenters. The normalized spacial score (nSPS) is 16.5. The molecule has 1 aliphatic rings. The smallest absolute Gasteiger partial charge is 0.331 e. The second-order valence-corrected chi connectivity index (χ2v) is 10.9. The molecule has 2 aromatic heterocycles. The van der Waals surface area contributed by atoms with E-state index < -0.39 is 29.9 Å². The van der Waals surface area contributed by atoms with E-state index in [1.54, 1.807) is 65.9 Å². The minimum Gasteiger partial charge on any atom is -0.479 e. The van der Waals surface area contributed by atoms with E-state index in [1.807, 2.05) is 23.6 Å². The van der Waals surface area contributed by atoms with Crippen LogP contribution in [-0.2, 0) is 9.59 Å². The first-order valence-electron chi connectivity index (χ1n) is 10.3. The maximum Gasteiger partial charge on any atom is 0.331 e. The van der Waals surface area contributed by atoms with Crippen LogP contribution in [0.3, 0.4) is 0 Å². The first-order chi connectivity index (χ1) is 16.4. The molecule has 0 bridgehead atoms. The number of carboxylic acid groups (broad SMARTS) is 1. The lowest BCUT2D eigenvalue weighted by Crippen LogP contribution is -2.44. The number of nitrogens with one attached hydrogen (secondary N) is 1. The van der Waals surface area contributed by atoms with E-state index in [9.17, 15) is 19.5 Å². The van der Waals surface area contributed by atoms with Crippen LogP contribution >= 0.6 is 45.3 Å². The molecule has 2 atom stereocenters. The van der Waals surface area contributed by atoms with E-state index in [2.05, 4.69) is 27.9 Å². The van der Waals surface area contributed by atoms with Gasteiger partial charge in [0.1, 0.15) is 6.04 Å². The van der Waals surface area contributed by atoms with E-state index in [0.29, 0.717) is 16.1 Å². The molecule has 0 radical (unpaired) electrons. The molecule has 6 nitrogen and oxygen atoms in total. The van der Waals surface area contributed by atoms with Crippen molar-refractivity contribution in [3.05, 3.63) is 97.8 Å². The quantitative estimate of drug-likeness (QED) is 0.274. The number of carbonyl (C=O) groups excluding carboxylic acids is 2. The lowest BCUT2D eigenvalue weighted by atomic mass is 10.0. The van der Waals surface area contributed by atoms with Crippen molar-refractivity contribution < 1.29 is 19.5 Å². The van der Waals surface area contributed by atoms with Crippen molar-refractivity contribution in [3.63, 3.8) is 0 Å². The highest BCUT2D eigenvalue weighted by molar-refractivity contribution is 14.1. The predicted molar refractivity (Wildman–Crippen MR) is 141 cm³/mol. The SMILES string of the molecule is O=C(O)C(c1ccccc1)N1C(=O)c2cc(I)ccc2NC(=O)C1c1ccc(-c2cccs2)s1. The number of carboxylic acids is 1. The third-order valence-electron chi connectivity index (χ3n) is 5.52. The lowest BCUT2D eigenvalue weighted by Gasteiger charge is -2.33. The third kappa shape index (κ3) is 4.15. The second kappa shape index (κ2) is 9.32. The summed E-state index contributed by atoms with van der Waals surface area (Å²) in [6.07, 6.45) is 0. The van der Waals surface area contributed by atoms with E-state index >= 15 is 0 Å². The molecule has 4 aromatic rings. The molecular weight excluding hydrogens is 583 g/mol. The molecule has 34 heavy (non-hydrogen) atoms. The molecule has 2 aromatic carbocycles. The van der Waals surface area contributed by atoms with Crippen LogP contribution in [-0.4, -0.2) is 27.8 Å². The molecule has 5 rings (SSSR count). The average Bonchev–Trinajstić information content (AvgIpc) is 3.50. The Morgan fingerprint density at radius 1 is 1.00 bits per heavy atom. The maximum atomic E-state index is 13.9. The van der Waals surface area contributed by atoms with Gasteiger partial charge in [-0.1, -0.05) is 36.4 Å². The van der Waals surface area contributed by atoms with Gasteiger partial charge in [0.25, 0.3) is 11.8 Å². The Labute approximate surface area is 217 Å². The summed E-state index contributed by atoms with van der Waals surface area (Å²) in [6.45, 7) is 0. The molecule has 0 fully saturated rings. The number of amides is 2. The lowest BCUT2D eigenvalue weighted by molar-refractivity contribution is -0.144. The topological polar surface area (TPSA) is 86.7 Å². The van der Waals surface area contributed by atoms with Gasteiger partial charge < -0.3 is 15.3 Å². The van der Waals surface area contributed by atoms with E-state index in [4.69, 9.17) is 0 Å². The fourth-order valence-corrected chi connectivity index (χ4v) is 6.46. The number of benzene rings is 2. The molecule has 3 heterocycles. The molecule has 9 heteroatoms. The zero-order chi connectivity index (χ0) is 23.8. The van der Waals surface area contributed by atoms with Gasteiger partial charge in [0.2, 0.25) is 0 Å². The summed E-state index contributed by atoms with van der Waals surface area (Å²) < 4.78 is 0.806. The highest BCUT2D eigenvalue weighted by Crippen LogP contribution is 2.42. The summed E-state index contributed by atoms with van der Waals surface area (Å²) in [5, 5.41) is 15.1. The number of halogens is 1. The van der Waals surface area contributed by atoms with E-state index in [1.165, 1.54) is 16.2 Å². The molecule has 0 spiro atoms. The van der Waals surface area contributed by atoms with Crippen molar-refractivity contribution in [1.82, 2.24) is 4.90 Å². The minimum absolute atomic E-state index is 0.264. The number of fused-ring (bicyclic) bond motifs is 1. The minimum atomic E-state index is -1.35. The van der Waals surface area contributed by atoms with Crippen molar-refractivity contribution in [3.8, 4) is 9.75 Å². The number of rotatable bonds is 5. The van der Waals surface area contributed by atoms with Crippen LogP contribution in [0.5, 0.6) is 0 Å². The summed E-state index contributed by atoms with van der Waals surface area (Å²) >= 11 is 5.05. The molecule has 0 saturated carbocycles. The molecule has 2 N–H and O–H groups in total. The Morgan fingerprint density at radius 3 is 2.50 bits per heavy atom. The van der Waals surface area contributed by atoms with Gasteiger partial charge in [0.05, 0.1) is 11.3 Å². The highest BCUT2D eigenvalue weighted by atomic mass is 127. The summed E-state index contributed by atoms with van der Waals surface area (Å²) in [5.41, 5.74) is 1.06. The van der Waals surface area contributed by atoms with Crippen molar-refractivity contribution in [2.45, 2.75) is 12.1 Å². The van der Waals surface area contributed by atoms with Crippen molar-refractivity contribution in [1.29, 1.82) is 0 Å². The Morgan fingerprint density at radius 2 is 1.79 bits per heavy atom. The monoisotopic (exact) mass is 600 g/mol. The fourth-order valence-electron chi connectivity index (χ4n) is 4.03. The van der Waals surface area contributed by atoms with Crippen LogP contribution in [0, 0.1) is 3.57 Å². The summed E-state index contributed by atoms with van der Waals surface area (Å²) in [4.78, 5) is 43.9. The van der Waals surface area contributed by atoms with Gasteiger partial charge >= 0.3 is 5.97 Å². The number of thiophene rings is 2. The van der Waals surface area contributed by atoms with Crippen molar-refractivity contribution in [2.24, 2.45) is 0 Å². The number of hydrogen-bond donors (Lipinski definition) is 2. The molecule has 2 amide bonds. The van der Waals surface area contributed by atoms with Gasteiger partial charge in [-0.25, -0.2) is 4.79 Å². The Balaban J connectivity index is 1.70. The maximum absolute atomic E-state index is 13.9. The first-order valence-corrected chi connectivity index (χ1v) is 13.1. The van der Waals surface area contributed by atoms with Gasteiger partial charge in [-0.15, -0.1) is 22.7 Å². The van der Waals surface area contributed by atoms with Crippen LogP contribution in [0.4, 0.5) is 5.69 Å². The Bertz CT molecular complexity index is 1390. The van der Waals surface area contributed by atoms with Crippen LogP contribution in [0.1, 0.15) is 32.9 Å². The van der Waals surface area contributed by atoms with Crippen LogP contribution in [0.25, 0.3) is 9.75 Å². The number of carbonyl (C=O) groups is 3. The van der Waals surface area contributed by atoms with Gasteiger partial charge in [-0.3, -0.25) is 9.59 Å². The zero-order valence-electron chi connectivity index (χ0n) is 17.5. The third-order valence-corrected chi connectivity index (χ3v) is 8.39. The van der Waals surface area contributed by atoms with E-state index in [0.717, 1.165) is 13.3 Å². The van der Waals surface area contributed by atoms with E-state index in [-0.39, 0.29) is 5.56 Å². The van der Waals surface area contributed by atoms with Gasteiger partial charge in [-0.2, -0.15) is 0 Å². The zero-order valence-corrected chi connectivity index (χ0v) is 21.3. The van der Waals surface area contributed by atoms with Crippen LogP contribution < -0.4 is 5.32 Å². The number of nitrogens with zero attached hydrogens (tertiary/aromatic N) is 1. The predicted octanol–water partition coefficient (Wildman–Crippen LogP) is 6.04. The van der Waals surface area contributed by atoms with Gasteiger partial charge in [0.15, 0.2) is 6.04 Å². The van der Waals surface area contributed by atoms with Crippen LogP contribution in [0.2, 0.25) is 0 Å². The summed E-state index contributed by atoms with van der Waals surface area (Å²) in [6, 6.07) is 18.9. The average molecular weight is 600 g/mol. The second-order valence-electron chi connectivity index (χ2n) is 7.62. The standard InChI is InChI=1S/C25H17IN2O4S2/c26-15-8-9-17-16(13-15)24(30)28(21(25(31)32)14-5-2-1-3-6-14)22(23(29)27-17)20-11-10-19(34-20)18-7-4-12-33-18/h1-13,21-22H,(H,27,29)(H,31,32). The van der Waals surface area contributed by atoms with Gasteiger partial charge in [0, 0.05) is 18.2 Å². The number of anilines is 1. The fraction of sp³-hybridized carbons (Fsp3) is 0.0800. The molecule has 0 aliphatic carbocycles.